The fourth-order valence-electron chi connectivity index (χ4n) is 3.06. The molecule has 1 aromatic rings. The lowest BCUT2D eigenvalue weighted by molar-refractivity contribution is 0.435. The zero-order valence-electron chi connectivity index (χ0n) is 10.7. The standard InChI is InChI=1S/C12H19N3O2S/c1-9-3-2-6-15-11(9)13-14-12(15)10-4-7-18(16,17)8-5-10/h9-10H,2-8H2,1H3. The molecular weight excluding hydrogens is 250 g/mol. The monoisotopic (exact) mass is 269 g/mol. The van der Waals surface area contributed by atoms with Crippen molar-refractivity contribution in [3.05, 3.63) is 11.6 Å². The van der Waals surface area contributed by atoms with Crippen LogP contribution in [0.25, 0.3) is 0 Å². The van der Waals surface area contributed by atoms with Crippen molar-refractivity contribution >= 4 is 9.84 Å². The summed E-state index contributed by atoms with van der Waals surface area (Å²) >= 11 is 0. The molecule has 0 radical (unpaired) electrons. The van der Waals surface area contributed by atoms with E-state index in [1.165, 1.54) is 12.8 Å². The molecular formula is C12H19N3O2S. The number of hydrogen-bond acceptors (Lipinski definition) is 4. The average molecular weight is 269 g/mol. The van der Waals surface area contributed by atoms with Crippen LogP contribution in [-0.4, -0.2) is 34.7 Å². The molecule has 3 rings (SSSR count). The molecule has 2 aliphatic rings. The van der Waals surface area contributed by atoms with Crippen molar-refractivity contribution < 1.29 is 8.42 Å². The fourth-order valence-corrected chi connectivity index (χ4v) is 4.55. The zero-order valence-corrected chi connectivity index (χ0v) is 11.5. The maximum atomic E-state index is 11.5. The third-order valence-electron chi connectivity index (χ3n) is 4.19. The van der Waals surface area contributed by atoms with Crippen molar-refractivity contribution in [1.29, 1.82) is 0 Å². The first kappa shape index (κ1) is 12.1. The van der Waals surface area contributed by atoms with Crippen LogP contribution in [0.1, 0.15) is 56.1 Å². The molecule has 6 heteroatoms. The minimum Gasteiger partial charge on any atom is -0.315 e. The molecule has 1 aromatic heterocycles. The Morgan fingerprint density at radius 1 is 1.11 bits per heavy atom. The molecule has 0 bridgehead atoms. The summed E-state index contributed by atoms with van der Waals surface area (Å²) in [6, 6.07) is 0. The van der Waals surface area contributed by atoms with Gasteiger partial charge in [-0.05, 0) is 25.7 Å². The fraction of sp³-hybridized carbons (Fsp3) is 0.833. The summed E-state index contributed by atoms with van der Waals surface area (Å²) in [7, 11) is -2.80. The second-order valence-corrected chi connectivity index (χ2v) is 7.84. The molecule has 0 aliphatic carbocycles. The van der Waals surface area contributed by atoms with Crippen LogP contribution in [0.5, 0.6) is 0 Å². The van der Waals surface area contributed by atoms with Gasteiger partial charge in [-0.2, -0.15) is 0 Å². The summed E-state index contributed by atoms with van der Waals surface area (Å²) in [5, 5.41) is 8.65. The minimum absolute atomic E-state index is 0.278. The highest BCUT2D eigenvalue weighted by Crippen LogP contribution is 2.32. The Hall–Kier alpha value is -0.910. The van der Waals surface area contributed by atoms with Gasteiger partial charge >= 0.3 is 0 Å². The van der Waals surface area contributed by atoms with Crippen molar-refractivity contribution in [3.8, 4) is 0 Å². The number of rotatable bonds is 1. The Labute approximate surface area is 108 Å². The van der Waals surface area contributed by atoms with E-state index in [-0.39, 0.29) is 5.92 Å². The number of aromatic nitrogens is 3. The number of fused-ring (bicyclic) bond motifs is 1. The first-order chi connectivity index (χ1) is 8.57. The van der Waals surface area contributed by atoms with E-state index in [9.17, 15) is 8.42 Å². The quantitative estimate of drug-likeness (QED) is 0.774. The predicted octanol–water partition coefficient (Wildman–Crippen LogP) is 1.47. The highest BCUT2D eigenvalue weighted by Gasteiger charge is 2.30. The third-order valence-corrected chi connectivity index (χ3v) is 5.90. The summed E-state index contributed by atoms with van der Waals surface area (Å²) in [6.45, 7) is 3.18. The van der Waals surface area contributed by atoms with Gasteiger partial charge in [0.2, 0.25) is 0 Å². The summed E-state index contributed by atoms with van der Waals surface area (Å²) < 4.78 is 25.2. The van der Waals surface area contributed by atoms with Crippen LogP contribution in [-0.2, 0) is 16.4 Å². The molecule has 18 heavy (non-hydrogen) atoms. The van der Waals surface area contributed by atoms with Crippen molar-refractivity contribution in [3.63, 3.8) is 0 Å². The molecule has 0 aromatic carbocycles. The highest BCUT2D eigenvalue weighted by atomic mass is 32.2. The molecule has 3 heterocycles. The van der Waals surface area contributed by atoms with Gasteiger partial charge in [-0.3, -0.25) is 0 Å². The normalized spacial score (nSPS) is 27.9. The van der Waals surface area contributed by atoms with Gasteiger partial charge in [-0.25, -0.2) is 8.42 Å². The van der Waals surface area contributed by atoms with Crippen molar-refractivity contribution in [2.24, 2.45) is 0 Å². The molecule has 1 fully saturated rings. The number of nitrogens with zero attached hydrogens (tertiary/aromatic N) is 3. The van der Waals surface area contributed by atoms with Gasteiger partial charge in [0.15, 0.2) is 0 Å². The lowest BCUT2D eigenvalue weighted by Gasteiger charge is -2.25. The molecule has 0 saturated carbocycles. The first-order valence-electron chi connectivity index (χ1n) is 6.70. The van der Waals surface area contributed by atoms with Crippen molar-refractivity contribution in [1.82, 2.24) is 14.8 Å². The van der Waals surface area contributed by atoms with E-state index in [2.05, 4.69) is 21.7 Å². The van der Waals surface area contributed by atoms with E-state index in [1.54, 1.807) is 0 Å². The van der Waals surface area contributed by atoms with Gasteiger partial charge in [0.25, 0.3) is 0 Å². The molecule has 2 aliphatic heterocycles. The molecule has 0 spiro atoms. The van der Waals surface area contributed by atoms with Crippen LogP contribution in [0.4, 0.5) is 0 Å². The minimum atomic E-state index is -2.80. The Balaban J connectivity index is 1.86. The number of sulfone groups is 1. The summed E-state index contributed by atoms with van der Waals surface area (Å²) in [4.78, 5) is 0. The van der Waals surface area contributed by atoms with E-state index >= 15 is 0 Å². The molecule has 0 N–H and O–H groups in total. The van der Waals surface area contributed by atoms with Gasteiger partial charge < -0.3 is 4.57 Å². The van der Waals surface area contributed by atoms with Crippen LogP contribution >= 0.6 is 0 Å². The largest absolute Gasteiger partial charge is 0.315 e. The van der Waals surface area contributed by atoms with Crippen molar-refractivity contribution in [2.75, 3.05) is 11.5 Å². The lowest BCUT2D eigenvalue weighted by atomic mass is 9.98. The molecule has 1 saturated heterocycles. The zero-order chi connectivity index (χ0) is 12.8. The molecule has 5 nitrogen and oxygen atoms in total. The molecule has 100 valence electrons. The van der Waals surface area contributed by atoms with E-state index in [0.29, 0.717) is 30.3 Å². The molecule has 0 amide bonds. The second-order valence-electron chi connectivity index (χ2n) is 5.54. The molecule has 1 atom stereocenters. The van der Waals surface area contributed by atoms with E-state index in [0.717, 1.165) is 18.2 Å². The second kappa shape index (κ2) is 4.33. The van der Waals surface area contributed by atoms with E-state index < -0.39 is 9.84 Å². The van der Waals surface area contributed by atoms with Crippen molar-refractivity contribution in [2.45, 2.75) is 51.0 Å². The first-order valence-corrected chi connectivity index (χ1v) is 8.52. The van der Waals surface area contributed by atoms with E-state index in [1.807, 2.05) is 0 Å². The van der Waals surface area contributed by atoms with Gasteiger partial charge in [0, 0.05) is 18.4 Å². The summed E-state index contributed by atoms with van der Waals surface area (Å²) in [5.41, 5.74) is 0. The van der Waals surface area contributed by atoms with Gasteiger partial charge in [-0.1, -0.05) is 6.92 Å². The van der Waals surface area contributed by atoms with E-state index in [4.69, 9.17) is 0 Å². The lowest BCUT2D eigenvalue weighted by Crippen LogP contribution is -2.25. The molecule has 1 unspecified atom stereocenters. The summed E-state index contributed by atoms with van der Waals surface area (Å²) in [5.74, 6) is 3.47. The van der Waals surface area contributed by atoms with Gasteiger partial charge in [-0.15, -0.1) is 10.2 Å². The van der Waals surface area contributed by atoms with Gasteiger partial charge in [0.05, 0.1) is 11.5 Å². The number of hydrogen-bond donors (Lipinski definition) is 0. The maximum Gasteiger partial charge on any atom is 0.150 e. The topological polar surface area (TPSA) is 64.8 Å². The Morgan fingerprint density at radius 2 is 1.78 bits per heavy atom. The highest BCUT2D eigenvalue weighted by molar-refractivity contribution is 7.91. The summed E-state index contributed by atoms with van der Waals surface area (Å²) in [6.07, 6.45) is 3.76. The van der Waals surface area contributed by atoms with Crippen LogP contribution in [0, 0.1) is 0 Å². The van der Waals surface area contributed by atoms with Crippen LogP contribution in [0.15, 0.2) is 0 Å². The Bertz CT molecular complexity index is 536. The maximum absolute atomic E-state index is 11.5. The SMILES string of the molecule is CC1CCCn2c1nnc2C1CCS(=O)(=O)CC1. The van der Waals surface area contributed by atoms with Crippen LogP contribution in [0.3, 0.4) is 0 Å². The Kier molecular flexibility index (Phi) is 2.92. The Morgan fingerprint density at radius 3 is 2.50 bits per heavy atom. The third kappa shape index (κ3) is 2.06. The smallest absolute Gasteiger partial charge is 0.150 e. The average Bonchev–Trinajstić information content (AvgIpc) is 2.74. The van der Waals surface area contributed by atoms with Crippen LogP contribution in [0.2, 0.25) is 0 Å². The van der Waals surface area contributed by atoms with Crippen LogP contribution < -0.4 is 0 Å². The van der Waals surface area contributed by atoms with Gasteiger partial charge in [0.1, 0.15) is 21.5 Å². The predicted molar refractivity (Wildman–Crippen MR) is 68.3 cm³/mol.